The predicted molar refractivity (Wildman–Crippen MR) is 97.5 cm³/mol. The van der Waals surface area contributed by atoms with Crippen molar-refractivity contribution in [3.8, 4) is 11.5 Å². The van der Waals surface area contributed by atoms with Crippen LogP contribution in [-0.2, 0) is 12.0 Å². The molecule has 2 unspecified atom stereocenters. The number of benzene rings is 1. The number of carbonyl (C=O) groups excluding carboxylic acids is 1. The van der Waals surface area contributed by atoms with Gasteiger partial charge in [-0.25, -0.2) is 4.79 Å². The molecule has 1 aliphatic carbocycles. The average molecular weight is 358 g/mol. The van der Waals surface area contributed by atoms with E-state index in [2.05, 4.69) is 11.4 Å². The van der Waals surface area contributed by atoms with Gasteiger partial charge in [-0.05, 0) is 31.9 Å². The minimum absolute atomic E-state index is 0.0433. The second kappa shape index (κ2) is 6.20. The minimum atomic E-state index is -0.502. The second-order valence-electron chi connectivity index (χ2n) is 7.72. The van der Waals surface area contributed by atoms with Gasteiger partial charge in [0.2, 0.25) is 0 Å². The Bertz CT molecular complexity index is 760. The van der Waals surface area contributed by atoms with Crippen LogP contribution < -0.4 is 14.8 Å². The summed E-state index contributed by atoms with van der Waals surface area (Å²) < 4.78 is 11.8. The normalized spacial score (nSPS) is 28.9. The summed E-state index contributed by atoms with van der Waals surface area (Å²) in [5.74, 6) is 1.47. The van der Waals surface area contributed by atoms with Gasteiger partial charge >= 0.3 is 6.03 Å². The second-order valence-corrected chi connectivity index (χ2v) is 7.72. The van der Waals surface area contributed by atoms with Gasteiger partial charge in [0.25, 0.3) is 0 Å². The van der Waals surface area contributed by atoms with E-state index in [-0.39, 0.29) is 23.6 Å². The molecule has 0 fully saturated rings. The van der Waals surface area contributed by atoms with Gasteiger partial charge in [0.15, 0.2) is 11.5 Å². The molecule has 26 heavy (non-hydrogen) atoms. The molecule has 0 bridgehead atoms. The molecule has 2 aliphatic heterocycles. The number of methoxy groups -OCH3 is 1. The third kappa shape index (κ3) is 2.55. The quantitative estimate of drug-likeness (QED) is 0.796. The van der Waals surface area contributed by atoms with Crippen LogP contribution in [0.25, 0.3) is 0 Å². The van der Waals surface area contributed by atoms with Crippen molar-refractivity contribution >= 4 is 6.03 Å². The third-order valence-corrected chi connectivity index (χ3v) is 5.66. The van der Waals surface area contributed by atoms with Gasteiger partial charge in [-0.15, -0.1) is 0 Å². The molecule has 140 valence electrons. The molecule has 6 heteroatoms. The van der Waals surface area contributed by atoms with E-state index in [4.69, 9.17) is 9.47 Å². The smallest absolute Gasteiger partial charge is 0.317 e. The average Bonchev–Trinajstić information content (AvgIpc) is 2.82. The summed E-state index contributed by atoms with van der Waals surface area (Å²) in [6.07, 6.45) is 4.62. The zero-order valence-electron chi connectivity index (χ0n) is 15.5. The van der Waals surface area contributed by atoms with Gasteiger partial charge in [-0.3, -0.25) is 0 Å². The number of nitrogens with zero attached hydrogens (tertiary/aromatic N) is 1. The fraction of sp³-hybridized carbons (Fsp3) is 0.550. The number of hydrogen-bond acceptors (Lipinski definition) is 4. The van der Waals surface area contributed by atoms with Crippen molar-refractivity contribution in [2.75, 3.05) is 13.7 Å². The number of rotatable bonds is 2. The Kier molecular flexibility index (Phi) is 4.10. The van der Waals surface area contributed by atoms with Crippen molar-refractivity contribution in [3.63, 3.8) is 0 Å². The van der Waals surface area contributed by atoms with Crippen molar-refractivity contribution in [2.24, 2.45) is 0 Å². The summed E-state index contributed by atoms with van der Waals surface area (Å²) in [5.41, 5.74) is 1.89. The molecule has 2 amide bonds. The highest BCUT2D eigenvalue weighted by Gasteiger charge is 2.53. The molecule has 0 radical (unpaired) electrons. The van der Waals surface area contributed by atoms with Crippen LogP contribution in [0.3, 0.4) is 0 Å². The molecule has 0 saturated heterocycles. The lowest BCUT2D eigenvalue weighted by Crippen LogP contribution is -2.45. The number of urea groups is 1. The summed E-state index contributed by atoms with van der Waals surface area (Å²) in [4.78, 5) is 14.5. The third-order valence-electron chi connectivity index (χ3n) is 5.66. The lowest BCUT2D eigenvalue weighted by molar-refractivity contribution is 0.0820. The van der Waals surface area contributed by atoms with Crippen LogP contribution in [0.2, 0.25) is 0 Å². The monoisotopic (exact) mass is 358 g/mol. The maximum absolute atomic E-state index is 12.6. The first-order valence-electron chi connectivity index (χ1n) is 9.24. The van der Waals surface area contributed by atoms with E-state index < -0.39 is 6.10 Å². The summed E-state index contributed by atoms with van der Waals surface area (Å²) in [7, 11) is 1.64. The van der Waals surface area contributed by atoms with Crippen LogP contribution in [0.1, 0.15) is 37.8 Å². The van der Waals surface area contributed by atoms with Crippen molar-refractivity contribution in [3.05, 3.63) is 35.4 Å². The van der Waals surface area contributed by atoms with E-state index in [0.29, 0.717) is 25.3 Å². The largest absolute Gasteiger partial charge is 0.493 e. The topological polar surface area (TPSA) is 71.0 Å². The summed E-state index contributed by atoms with van der Waals surface area (Å²) in [6.45, 7) is 5.10. The highest BCUT2D eigenvalue weighted by atomic mass is 16.5. The maximum Gasteiger partial charge on any atom is 0.317 e. The van der Waals surface area contributed by atoms with E-state index in [1.807, 2.05) is 37.0 Å². The highest BCUT2D eigenvalue weighted by molar-refractivity contribution is 5.75. The standard InChI is InChI=1S/C20H26N2O4/c1-12(2)21-19(24)22-9-8-20-7-6-14(23)10-16(20)26-18-15(25-3)5-4-13(11-22)17(18)20/h4-7,12,14,16,23H,8-11H2,1-3H3,(H,21,24)/t14-,16?,20?/m0/s1. The van der Waals surface area contributed by atoms with E-state index in [0.717, 1.165) is 23.3 Å². The zero-order valence-corrected chi connectivity index (χ0v) is 15.5. The Labute approximate surface area is 153 Å². The van der Waals surface area contributed by atoms with E-state index in [1.54, 1.807) is 7.11 Å². The molecule has 6 nitrogen and oxygen atoms in total. The highest BCUT2D eigenvalue weighted by Crippen LogP contribution is 2.55. The van der Waals surface area contributed by atoms with Crippen LogP contribution >= 0.6 is 0 Å². The Morgan fingerprint density at radius 1 is 1.46 bits per heavy atom. The summed E-state index contributed by atoms with van der Waals surface area (Å²) in [5, 5.41) is 13.1. The van der Waals surface area contributed by atoms with Gasteiger partial charge in [0, 0.05) is 31.1 Å². The Balaban J connectivity index is 1.79. The Morgan fingerprint density at radius 3 is 3.00 bits per heavy atom. The van der Waals surface area contributed by atoms with E-state index >= 15 is 0 Å². The first kappa shape index (κ1) is 17.2. The molecule has 3 aliphatic rings. The molecule has 1 aromatic rings. The van der Waals surface area contributed by atoms with Gasteiger partial charge in [0.05, 0.1) is 18.6 Å². The predicted octanol–water partition coefficient (Wildman–Crippen LogP) is 2.34. The first-order chi connectivity index (χ1) is 12.4. The van der Waals surface area contributed by atoms with Crippen molar-refractivity contribution in [1.82, 2.24) is 10.2 Å². The van der Waals surface area contributed by atoms with Gasteiger partial charge in [0.1, 0.15) is 6.10 Å². The Hall–Kier alpha value is -2.21. The van der Waals surface area contributed by atoms with Crippen molar-refractivity contribution < 1.29 is 19.4 Å². The number of ether oxygens (including phenoxy) is 2. The minimum Gasteiger partial charge on any atom is -0.493 e. The fourth-order valence-corrected chi connectivity index (χ4v) is 4.45. The van der Waals surface area contributed by atoms with Gasteiger partial charge in [-0.1, -0.05) is 18.2 Å². The molecule has 1 spiro atoms. The van der Waals surface area contributed by atoms with E-state index in [9.17, 15) is 9.90 Å². The molecule has 2 N–H and O–H groups in total. The number of nitrogens with one attached hydrogen (secondary N) is 1. The number of aliphatic hydroxyl groups excluding tert-OH is 1. The number of aliphatic hydroxyl groups is 1. The molecule has 1 aromatic carbocycles. The summed E-state index contributed by atoms with van der Waals surface area (Å²) in [6, 6.07) is 3.99. The molecular weight excluding hydrogens is 332 g/mol. The number of hydrogen-bond donors (Lipinski definition) is 2. The van der Waals surface area contributed by atoms with Crippen LogP contribution in [-0.4, -0.2) is 47.9 Å². The van der Waals surface area contributed by atoms with Crippen LogP contribution in [0.5, 0.6) is 11.5 Å². The van der Waals surface area contributed by atoms with Crippen LogP contribution in [0.4, 0.5) is 4.79 Å². The number of carbonyl (C=O) groups is 1. The van der Waals surface area contributed by atoms with Gasteiger partial charge in [-0.2, -0.15) is 0 Å². The van der Waals surface area contributed by atoms with Crippen molar-refractivity contribution in [1.29, 1.82) is 0 Å². The van der Waals surface area contributed by atoms with Crippen LogP contribution in [0, 0.1) is 0 Å². The fourth-order valence-electron chi connectivity index (χ4n) is 4.45. The molecule has 3 atom stereocenters. The zero-order chi connectivity index (χ0) is 18.5. The molecule has 0 saturated carbocycles. The van der Waals surface area contributed by atoms with Crippen LogP contribution in [0.15, 0.2) is 24.3 Å². The molecule has 2 heterocycles. The first-order valence-corrected chi connectivity index (χ1v) is 9.24. The van der Waals surface area contributed by atoms with Gasteiger partial charge < -0.3 is 24.8 Å². The van der Waals surface area contributed by atoms with Crippen molar-refractivity contribution in [2.45, 2.75) is 56.9 Å². The maximum atomic E-state index is 12.6. The lowest BCUT2D eigenvalue weighted by Gasteiger charge is -2.35. The van der Waals surface area contributed by atoms with E-state index in [1.165, 1.54) is 0 Å². The SMILES string of the molecule is COc1ccc2c3c1OC1C[C@@H](O)C=CC31CCN(C(=O)NC(C)C)C2. The molecule has 0 aromatic heterocycles. The molecule has 4 rings (SSSR count). The number of amides is 2. The molecular formula is C20H26N2O4. The Morgan fingerprint density at radius 2 is 2.27 bits per heavy atom. The summed E-state index contributed by atoms with van der Waals surface area (Å²) >= 11 is 0. The lowest BCUT2D eigenvalue weighted by atomic mass is 9.69.